The molecule has 2 unspecified atom stereocenters. The first kappa shape index (κ1) is 15.3. The van der Waals surface area contributed by atoms with Crippen LogP contribution < -0.4 is 10.6 Å². The highest BCUT2D eigenvalue weighted by molar-refractivity contribution is 7.89. The summed E-state index contributed by atoms with van der Waals surface area (Å²) in [6, 6.07) is 7.24. The molecule has 1 aliphatic rings. The number of sulfonamides is 1. The van der Waals surface area contributed by atoms with Crippen LogP contribution in [0.3, 0.4) is 0 Å². The number of hydrogen-bond acceptors (Lipinski definition) is 4. The number of para-hydroxylation sites is 1. The molecule has 2 atom stereocenters. The smallest absolute Gasteiger partial charge is 0.244 e. The SMILES string of the molecule is CC1CC(N)CN(c2ccccc2S(=O)(=O)N(C)C)C1. The average Bonchev–Trinajstić information content (AvgIpc) is 2.37. The summed E-state index contributed by atoms with van der Waals surface area (Å²) in [5, 5.41) is 0. The summed E-state index contributed by atoms with van der Waals surface area (Å²) in [6.45, 7) is 3.69. The fourth-order valence-electron chi connectivity index (χ4n) is 2.73. The largest absolute Gasteiger partial charge is 0.369 e. The van der Waals surface area contributed by atoms with E-state index in [2.05, 4.69) is 11.8 Å². The van der Waals surface area contributed by atoms with Gasteiger partial charge in [-0.1, -0.05) is 19.1 Å². The highest BCUT2D eigenvalue weighted by atomic mass is 32.2. The standard InChI is InChI=1S/C14H23N3O2S/c1-11-8-12(15)10-17(9-11)13-6-4-5-7-14(13)20(18,19)16(2)3/h4-7,11-12H,8-10,15H2,1-3H3. The van der Waals surface area contributed by atoms with Gasteiger partial charge < -0.3 is 10.6 Å². The van der Waals surface area contributed by atoms with Gasteiger partial charge in [-0.05, 0) is 24.5 Å². The number of anilines is 1. The van der Waals surface area contributed by atoms with Crippen LogP contribution in [0.1, 0.15) is 13.3 Å². The van der Waals surface area contributed by atoms with Crippen LogP contribution in [0.4, 0.5) is 5.69 Å². The number of hydrogen-bond donors (Lipinski definition) is 1. The fourth-order valence-corrected chi connectivity index (χ4v) is 3.84. The Bertz CT molecular complexity index is 562. The zero-order valence-electron chi connectivity index (χ0n) is 12.3. The van der Waals surface area contributed by atoms with Crippen molar-refractivity contribution < 1.29 is 8.42 Å². The third-order valence-electron chi connectivity index (χ3n) is 3.66. The Kier molecular flexibility index (Phi) is 4.36. The van der Waals surface area contributed by atoms with Crippen LogP contribution in [0.2, 0.25) is 0 Å². The second-order valence-corrected chi connectivity index (χ2v) is 7.88. The molecule has 0 spiro atoms. The van der Waals surface area contributed by atoms with Crippen LogP contribution in [0, 0.1) is 5.92 Å². The Hall–Kier alpha value is -1.11. The van der Waals surface area contributed by atoms with Gasteiger partial charge in [0.1, 0.15) is 4.90 Å². The van der Waals surface area contributed by atoms with Gasteiger partial charge in [0.2, 0.25) is 10.0 Å². The summed E-state index contributed by atoms with van der Waals surface area (Å²) in [6.07, 6.45) is 0.985. The van der Waals surface area contributed by atoms with E-state index in [-0.39, 0.29) is 6.04 Å². The Balaban J connectivity index is 2.43. The number of nitrogens with zero attached hydrogens (tertiary/aromatic N) is 2. The summed E-state index contributed by atoms with van der Waals surface area (Å²) >= 11 is 0. The van der Waals surface area contributed by atoms with Crippen LogP contribution in [-0.2, 0) is 10.0 Å². The molecule has 112 valence electrons. The molecule has 0 aromatic heterocycles. The average molecular weight is 297 g/mol. The lowest BCUT2D eigenvalue weighted by atomic mass is 9.96. The molecule has 2 rings (SSSR count). The molecule has 6 heteroatoms. The molecule has 1 heterocycles. The van der Waals surface area contributed by atoms with Crippen LogP contribution in [0.5, 0.6) is 0 Å². The maximum absolute atomic E-state index is 12.4. The minimum absolute atomic E-state index is 0.0915. The zero-order valence-corrected chi connectivity index (χ0v) is 13.1. The normalized spacial score (nSPS) is 24.1. The van der Waals surface area contributed by atoms with E-state index >= 15 is 0 Å². The lowest BCUT2D eigenvalue weighted by Gasteiger charge is -2.37. The molecule has 5 nitrogen and oxygen atoms in total. The quantitative estimate of drug-likeness (QED) is 0.907. The first-order valence-electron chi connectivity index (χ1n) is 6.84. The second kappa shape index (κ2) is 5.71. The predicted octanol–water partition coefficient (Wildman–Crippen LogP) is 1.11. The van der Waals surface area contributed by atoms with Crippen molar-refractivity contribution in [3.63, 3.8) is 0 Å². The van der Waals surface area contributed by atoms with E-state index in [1.54, 1.807) is 26.2 Å². The molecule has 0 radical (unpaired) electrons. The van der Waals surface area contributed by atoms with E-state index in [9.17, 15) is 8.42 Å². The van der Waals surface area contributed by atoms with E-state index in [0.717, 1.165) is 18.7 Å². The third kappa shape index (κ3) is 2.97. The van der Waals surface area contributed by atoms with Crippen LogP contribution in [0.15, 0.2) is 29.2 Å². The number of rotatable bonds is 3. The van der Waals surface area contributed by atoms with Gasteiger partial charge in [-0.25, -0.2) is 12.7 Å². The second-order valence-electron chi connectivity index (χ2n) is 5.76. The predicted molar refractivity (Wildman–Crippen MR) is 81.3 cm³/mol. The van der Waals surface area contributed by atoms with Crippen molar-refractivity contribution in [1.82, 2.24) is 4.31 Å². The maximum atomic E-state index is 12.4. The zero-order chi connectivity index (χ0) is 14.9. The molecule has 20 heavy (non-hydrogen) atoms. The highest BCUT2D eigenvalue weighted by Gasteiger charge is 2.28. The van der Waals surface area contributed by atoms with Crippen molar-refractivity contribution in [3.8, 4) is 0 Å². The number of nitrogens with two attached hydrogens (primary N) is 1. The third-order valence-corrected chi connectivity index (χ3v) is 5.52. The Morgan fingerprint density at radius 3 is 2.50 bits per heavy atom. The topological polar surface area (TPSA) is 66.6 Å². The van der Waals surface area contributed by atoms with Gasteiger partial charge >= 0.3 is 0 Å². The molecular weight excluding hydrogens is 274 g/mol. The van der Waals surface area contributed by atoms with E-state index in [4.69, 9.17) is 5.73 Å². The molecule has 1 fully saturated rings. The molecule has 0 bridgehead atoms. The van der Waals surface area contributed by atoms with Gasteiger partial charge in [0.15, 0.2) is 0 Å². The Morgan fingerprint density at radius 1 is 1.25 bits per heavy atom. The lowest BCUT2D eigenvalue weighted by molar-refractivity contribution is 0.400. The monoisotopic (exact) mass is 297 g/mol. The van der Waals surface area contributed by atoms with Crippen molar-refractivity contribution in [2.45, 2.75) is 24.3 Å². The lowest BCUT2D eigenvalue weighted by Crippen LogP contribution is -2.47. The van der Waals surface area contributed by atoms with Crippen LogP contribution in [-0.4, -0.2) is 45.9 Å². The van der Waals surface area contributed by atoms with Crippen molar-refractivity contribution >= 4 is 15.7 Å². The van der Waals surface area contributed by atoms with E-state index in [1.165, 1.54) is 4.31 Å². The molecule has 1 aliphatic heterocycles. The van der Waals surface area contributed by atoms with Crippen molar-refractivity contribution in [2.75, 3.05) is 32.1 Å². The van der Waals surface area contributed by atoms with E-state index in [1.807, 2.05) is 12.1 Å². The number of piperidine rings is 1. The Morgan fingerprint density at radius 2 is 1.90 bits per heavy atom. The molecule has 1 aromatic rings. The van der Waals surface area contributed by atoms with Gasteiger partial charge in [-0.3, -0.25) is 0 Å². The van der Waals surface area contributed by atoms with Gasteiger partial charge in [0.05, 0.1) is 5.69 Å². The van der Waals surface area contributed by atoms with Crippen molar-refractivity contribution in [2.24, 2.45) is 11.7 Å². The maximum Gasteiger partial charge on any atom is 0.244 e. The molecular formula is C14H23N3O2S. The highest BCUT2D eigenvalue weighted by Crippen LogP contribution is 2.30. The molecule has 0 amide bonds. The van der Waals surface area contributed by atoms with Crippen molar-refractivity contribution in [1.29, 1.82) is 0 Å². The van der Waals surface area contributed by atoms with Crippen LogP contribution >= 0.6 is 0 Å². The Labute approximate surface area is 121 Å². The molecule has 0 saturated carbocycles. The molecule has 1 saturated heterocycles. The summed E-state index contributed by atoms with van der Waals surface area (Å²) < 4.78 is 26.1. The van der Waals surface area contributed by atoms with Gasteiger partial charge in [0, 0.05) is 33.2 Å². The summed E-state index contributed by atoms with van der Waals surface area (Å²) in [5.41, 5.74) is 6.82. The van der Waals surface area contributed by atoms with E-state index in [0.29, 0.717) is 17.4 Å². The van der Waals surface area contributed by atoms with Gasteiger partial charge in [-0.2, -0.15) is 0 Å². The first-order chi connectivity index (χ1) is 9.32. The van der Waals surface area contributed by atoms with Crippen molar-refractivity contribution in [3.05, 3.63) is 24.3 Å². The molecule has 2 N–H and O–H groups in total. The van der Waals surface area contributed by atoms with Gasteiger partial charge in [0.25, 0.3) is 0 Å². The minimum atomic E-state index is -3.44. The van der Waals surface area contributed by atoms with E-state index < -0.39 is 10.0 Å². The fraction of sp³-hybridized carbons (Fsp3) is 0.571. The van der Waals surface area contributed by atoms with Crippen LogP contribution in [0.25, 0.3) is 0 Å². The molecule has 1 aromatic carbocycles. The minimum Gasteiger partial charge on any atom is -0.369 e. The summed E-state index contributed by atoms with van der Waals surface area (Å²) in [5.74, 6) is 0.467. The van der Waals surface area contributed by atoms with Gasteiger partial charge in [-0.15, -0.1) is 0 Å². The molecule has 0 aliphatic carbocycles. The summed E-state index contributed by atoms with van der Waals surface area (Å²) in [4.78, 5) is 2.45. The number of benzene rings is 1. The summed E-state index contributed by atoms with van der Waals surface area (Å²) in [7, 11) is -0.336. The first-order valence-corrected chi connectivity index (χ1v) is 8.28.